The molecule has 2 aromatic carbocycles. The molecule has 0 saturated carbocycles. The maximum absolute atomic E-state index is 12.2. The van der Waals surface area contributed by atoms with E-state index in [9.17, 15) is 4.79 Å². The molecule has 0 fully saturated rings. The van der Waals surface area contributed by atoms with Gasteiger partial charge in [-0.15, -0.1) is 0 Å². The van der Waals surface area contributed by atoms with E-state index in [4.69, 9.17) is 11.6 Å². The summed E-state index contributed by atoms with van der Waals surface area (Å²) < 4.78 is 0. The molecule has 1 nitrogen and oxygen atoms in total. The second kappa shape index (κ2) is 5.48. The molecule has 0 saturated heterocycles. The van der Waals surface area contributed by atoms with Crippen molar-refractivity contribution in [3.8, 4) is 0 Å². The number of Topliss-reactive ketones (excluding diaryl/α,β-unsaturated/α-hetero) is 1. The summed E-state index contributed by atoms with van der Waals surface area (Å²) in [5.74, 6) is 0.0127. The van der Waals surface area contributed by atoms with Crippen LogP contribution in [0.4, 0.5) is 0 Å². The average Bonchev–Trinajstić information content (AvgIpc) is 2.39. The molecular formula is C14H10BrClO. The molecule has 17 heavy (non-hydrogen) atoms. The van der Waals surface area contributed by atoms with Crippen molar-refractivity contribution in [3.05, 3.63) is 70.7 Å². The molecule has 0 aliphatic heterocycles. The highest BCUT2D eigenvalue weighted by Crippen LogP contribution is 2.31. The van der Waals surface area contributed by atoms with Crippen molar-refractivity contribution in [2.75, 3.05) is 0 Å². The Morgan fingerprint density at radius 2 is 1.59 bits per heavy atom. The van der Waals surface area contributed by atoms with Crippen LogP contribution in [0.1, 0.15) is 20.7 Å². The van der Waals surface area contributed by atoms with E-state index < -0.39 is 4.83 Å². The second-order valence-corrected chi connectivity index (χ2v) is 4.94. The van der Waals surface area contributed by atoms with Gasteiger partial charge in [-0.05, 0) is 11.6 Å². The van der Waals surface area contributed by atoms with Gasteiger partial charge >= 0.3 is 0 Å². The molecule has 0 spiro atoms. The van der Waals surface area contributed by atoms with Gasteiger partial charge in [0.15, 0.2) is 5.78 Å². The maximum Gasteiger partial charge on any atom is 0.180 e. The van der Waals surface area contributed by atoms with E-state index in [0.29, 0.717) is 10.6 Å². The van der Waals surface area contributed by atoms with E-state index in [2.05, 4.69) is 15.9 Å². The lowest BCUT2D eigenvalue weighted by atomic mass is 10.0. The summed E-state index contributed by atoms with van der Waals surface area (Å²) in [4.78, 5) is 11.8. The third-order valence-electron chi connectivity index (χ3n) is 2.47. The molecular weight excluding hydrogens is 300 g/mol. The quantitative estimate of drug-likeness (QED) is 0.595. The third-order valence-corrected chi connectivity index (χ3v) is 3.72. The molecule has 86 valence electrons. The zero-order valence-electron chi connectivity index (χ0n) is 8.94. The fourth-order valence-corrected chi connectivity index (χ4v) is 2.61. The van der Waals surface area contributed by atoms with E-state index in [1.165, 1.54) is 0 Å². The van der Waals surface area contributed by atoms with Crippen molar-refractivity contribution in [1.82, 2.24) is 0 Å². The normalized spacial score (nSPS) is 12.1. The van der Waals surface area contributed by atoms with Gasteiger partial charge in [-0.2, -0.15) is 0 Å². The van der Waals surface area contributed by atoms with Crippen LogP contribution in [0.5, 0.6) is 0 Å². The fourth-order valence-electron chi connectivity index (χ4n) is 1.57. The van der Waals surface area contributed by atoms with Gasteiger partial charge in [0.25, 0.3) is 0 Å². The number of alkyl halides is 1. The van der Waals surface area contributed by atoms with Crippen molar-refractivity contribution in [3.63, 3.8) is 0 Å². The van der Waals surface area contributed by atoms with E-state index in [1.54, 1.807) is 18.2 Å². The van der Waals surface area contributed by atoms with E-state index in [1.807, 2.05) is 36.4 Å². The van der Waals surface area contributed by atoms with Crippen LogP contribution in [0, 0.1) is 0 Å². The number of rotatable bonds is 3. The van der Waals surface area contributed by atoms with Gasteiger partial charge in [0.2, 0.25) is 0 Å². The Balaban J connectivity index is 2.30. The summed E-state index contributed by atoms with van der Waals surface area (Å²) in [6.07, 6.45) is 0. The second-order valence-electron chi connectivity index (χ2n) is 3.61. The number of hydrogen-bond donors (Lipinski definition) is 0. The van der Waals surface area contributed by atoms with Gasteiger partial charge in [0.05, 0.1) is 0 Å². The zero-order valence-corrected chi connectivity index (χ0v) is 11.3. The minimum Gasteiger partial charge on any atom is -0.293 e. The lowest BCUT2D eigenvalue weighted by molar-refractivity contribution is 0.0991. The molecule has 1 atom stereocenters. The predicted molar refractivity (Wildman–Crippen MR) is 73.9 cm³/mol. The summed E-state index contributed by atoms with van der Waals surface area (Å²) in [7, 11) is 0. The molecule has 0 amide bonds. The number of carbonyl (C=O) groups excluding carboxylic acids is 1. The molecule has 2 rings (SSSR count). The SMILES string of the molecule is O=C(c1ccccc1)[C@H](Br)c1ccccc1Cl. The molecule has 0 unspecified atom stereocenters. The van der Waals surface area contributed by atoms with Crippen molar-refractivity contribution in [2.24, 2.45) is 0 Å². The van der Waals surface area contributed by atoms with Crippen molar-refractivity contribution in [1.29, 1.82) is 0 Å². The highest BCUT2D eigenvalue weighted by atomic mass is 79.9. The van der Waals surface area contributed by atoms with Gasteiger partial charge in [-0.25, -0.2) is 0 Å². The highest BCUT2D eigenvalue weighted by Gasteiger charge is 2.20. The van der Waals surface area contributed by atoms with Gasteiger partial charge < -0.3 is 0 Å². The molecule has 0 heterocycles. The summed E-state index contributed by atoms with van der Waals surface area (Å²) in [6, 6.07) is 16.5. The fraction of sp³-hybridized carbons (Fsp3) is 0.0714. The van der Waals surface area contributed by atoms with Crippen molar-refractivity contribution in [2.45, 2.75) is 4.83 Å². The Morgan fingerprint density at radius 1 is 1.00 bits per heavy atom. The molecule has 2 aromatic rings. The molecule has 0 bridgehead atoms. The first-order chi connectivity index (χ1) is 8.20. The lowest BCUT2D eigenvalue weighted by Crippen LogP contribution is -2.07. The zero-order chi connectivity index (χ0) is 12.3. The lowest BCUT2D eigenvalue weighted by Gasteiger charge is -2.10. The monoisotopic (exact) mass is 308 g/mol. The standard InChI is InChI=1S/C14H10BrClO/c15-13(11-8-4-5-9-12(11)16)14(17)10-6-2-1-3-7-10/h1-9,13H/t13-/m1/s1. The van der Waals surface area contributed by atoms with Gasteiger partial charge in [-0.3, -0.25) is 4.79 Å². The Bertz CT molecular complexity index is 525. The average molecular weight is 310 g/mol. The van der Waals surface area contributed by atoms with E-state index in [0.717, 1.165) is 5.56 Å². The molecule has 0 aromatic heterocycles. The minimum absolute atomic E-state index is 0.0127. The van der Waals surface area contributed by atoms with Crippen molar-refractivity contribution >= 4 is 33.3 Å². The van der Waals surface area contributed by atoms with Crippen LogP contribution in [-0.2, 0) is 0 Å². The summed E-state index contributed by atoms with van der Waals surface area (Å²) in [5.41, 5.74) is 1.47. The largest absolute Gasteiger partial charge is 0.293 e. The van der Waals surface area contributed by atoms with Crippen LogP contribution < -0.4 is 0 Å². The first kappa shape index (κ1) is 12.3. The molecule has 0 N–H and O–H groups in total. The topological polar surface area (TPSA) is 17.1 Å². The smallest absolute Gasteiger partial charge is 0.180 e. The highest BCUT2D eigenvalue weighted by molar-refractivity contribution is 9.09. The van der Waals surface area contributed by atoms with Gasteiger partial charge in [0.1, 0.15) is 4.83 Å². The molecule has 0 aliphatic rings. The Labute approximate surface area is 114 Å². The Kier molecular flexibility index (Phi) is 3.97. The Hall–Kier alpha value is -1.12. The van der Waals surface area contributed by atoms with Crippen LogP contribution in [0.15, 0.2) is 54.6 Å². The predicted octanol–water partition coefficient (Wildman–Crippen LogP) is 4.66. The number of benzene rings is 2. The summed E-state index contributed by atoms with van der Waals surface area (Å²) in [6.45, 7) is 0. The maximum atomic E-state index is 12.2. The van der Waals surface area contributed by atoms with Crippen LogP contribution in [0.25, 0.3) is 0 Å². The van der Waals surface area contributed by atoms with Crippen LogP contribution in [0.3, 0.4) is 0 Å². The summed E-state index contributed by atoms with van der Waals surface area (Å²) in [5, 5.41) is 0.596. The van der Waals surface area contributed by atoms with Crippen LogP contribution in [0.2, 0.25) is 5.02 Å². The first-order valence-corrected chi connectivity index (χ1v) is 6.47. The molecule has 0 radical (unpaired) electrons. The number of carbonyl (C=O) groups is 1. The molecule has 3 heteroatoms. The van der Waals surface area contributed by atoms with E-state index in [-0.39, 0.29) is 5.78 Å². The summed E-state index contributed by atoms with van der Waals surface area (Å²) >= 11 is 9.47. The molecule has 0 aliphatic carbocycles. The van der Waals surface area contributed by atoms with E-state index >= 15 is 0 Å². The van der Waals surface area contributed by atoms with Crippen LogP contribution in [-0.4, -0.2) is 5.78 Å². The Morgan fingerprint density at radius 3 is 2.24 bits per heavy atom. The van der Waals surface area contributed by atoms with Gasteiger partial charge in [0, 0.05) is 10.6 Å². The van der Waals surface area contributed by atoms with Gasteiger partial charge in [-0.1, -0.05) is 76.1 Å². The third kappa shape index (κ3) is 2.76. The number of hydrogen-bond acceptors (Lipinski definition) is 1. The number of halogens is 2. The minimum atomic E-state index is -0.404. The number of ketones is 1. The van der Waals surface area contributed by atoms with Crippen LogP contribution >= 0.6 is 27.5 Å². The first-order valence-electron chi connectivity index (χ1n) is 5.18. The van der Waals surface area contributed by atoms with Crippen molar-refractivity contribution < 1.29 is 4.79 Å².